The second kappa shape index (κ2) is 2.13. The van der Waals surface area contributed by atoms with Gasteiger partial charge in [-0.3, -0.25) is 0 Å². The predicted molar refractivity (Wildman–Crippen MR) is 30.8 cm³/mol. The molecule has 1 atom stereocenters. The largest absolute Gasteiger partial charge is 0.445 e. The van der Waals surface area contributed by atoms with Gasteiger partial charge in [0.05, 0.1) is 0 Å². The van der Waals surface area contributed by atoms with Crippen molar-refractivity contribution in [3.63, 3.8) is 0 Å². The van der Waals surface area contributed by atoms with Gasteiger partial charge in [0.15, 0.2) is 6.10 Å². The number of cyclic esters (lactones) is 2. The molecule has 0 aliphatic carbocycles. The molecule has 0 saturated carbocycles. The van der Waals surface area contributed by atoms with Crippen LogP contribution >= 0.6 is 0 Å². The Morgan fingerprint density at radius 2 is 2.10 bits per heavy atom. The molecular weight excluding hydrogens is 136 g/mol. The van der Waals surface area contributed by atoms with Crippen molar-refractivity contribution in [3.8, 4) is 0 Å². The zero-order valence-electron chi connectivity index (χ0n) is 5.42. The van der Waals surface area contributed by atoms with Crippen molar-refractivity contribution in [2.24, 2.45) is 0 Å². The van der Waals surface area contributed by atoms with Crippen LogP contribution in [0.1, 0.15) is 6.92 Å². The standard InChI is InChI=1S/C6H6O4/c1-3-5(7)10-4(2)6(8)9-3/h4H,1H2,2H3. The molecule has 0 bridgehead atoms. The second-order valence-electron chi connectivity index (χ2n) is 1.89. The van der Waals surface area contributed by atoms with E-state index in [4.69, 9.17) is 0 Å². The van der Waals surface area contributed by atoms with Crippen LogP contribution in [0.2, 0.25) is 0 Å². The Balaban J connectivity index is 2.72. The smallest absolute Gasteiger partial charge is 0.374 e. The molecule has 0 amide bonds. The van der Waals surface area contributed by atoms with E-state index in [9.17, 15) is 9.59 Å². The topological polar surface area (TPSA) is 52.6 Å². The maximum absolute atomic E-state index is 10.6. The van der Waals surface area contributed by atoms with Gasteiger partial charge >= 0.3 is 11.9 Å². The molecule has 1 saturated heterocycles. The highest BCUT2D eigenvalue weighted by Crippen LogP contribution is 2.10. The van der Waals surface area contributed by atoms with Crippen LogP contribution in [-0.2, 0) is 19.1 Å². The predicted octanol–water partition coefficient (Wildman–Crippen LogP) is -0.0114. The van der Waals surface area contributed by atoms with Gasteiger partial charge in [-0.15, -0.1) is 0 Å². The molecule has 10 heavy (non-hydrogen) atoms. The first-order chi connectivity index (χ1) is 4.61. The minimum atomic E-state index is -0.807. The summed E-state index contributed by atoms with van der Waals surface area (Å²) in [5, 5.41) is 0. The normalized spacial score (nSPS) is 25.7. The third-order valence-corrected chi connectivity index (χ3v) is 1.07. The van der Waals surface area contributed by atoms with E-state index in [1.54, 1.807) is 0 Å². The quantitative estimate of drug-likeness (QED) is 0.352. The summed E-state index contributed by atoms with van der Waals surface area (Å²) >= 11 is 0. The summed E-state index contributed by atoms with van der Waals surface area (Å²) in [5.74, 6) is -1.50. The van der Waals surface area contributed by atoms with Gasteiger partial charge in [0, 0.05) is 0 Å². The minimum absolute atomic E-state index is 0.247. The monoisotopic (exact) mass is 142 g/mol. The highest BCUT2D eigenvalue weighted by molar-refractivity contribution is 5.94. The zero-order valence-corrected chi connectivity index (χ0v) is 5.42. The summed E-state index contributed by atoms with van der Waals surface area (Å²) in [7, 11) is 0. The fraction of sp³-hybridized carbons (Fsp3) is 0.333. The van der Waals surface area contributed by atoms with Gasteiger partial charge in [-0.25, -0.2) is 9.59 Å². The van der Waals surface area contributed by atoms with Crippen molar-refractivity contribution in [2.45, 2.75) is 13.0 Å². The molecule has 0 aromatic rings. The van der Waals surface area contributed by atoms with Gasteiger partial charge < -0.3 is 9.47 Å². The Morgan fingerprint density at radius 3 is 2.60 bits per heavy atom. The Morgan fingerprint density at radius 1 is 1.50 bits per heavy atom. The lowest BCUT2D eigenvalue weighted by atomic mass is 10.4. The van der Waals surface area contributed by atoms with E-state index in [1.165, 1.54) is 6.92 Å². The molecule has 0 N–H and O–H groups in total. The summed E-state index contributed by atoms with van der Waals surface area (Å²) in [6, 6.07) is 0. The molecule has 1 aliphatic heterocycles. The molecule has 0 spiro atoms. The Kier molecular flexibility index (Phi) is 1.45. The molecule has 1 rings (SSSR count). The van der Waals surface area contributed by atoms with Crippen molar-refractivity contribution in [3.05, 3.63) is 12.3 Å². The number of carbonyl (C=O) groups excluding carboxylic acids is 2. The first-order valence-corrected chi connectivity index (χ1v) is 2.73. The van der Waals surface area contributed by atoms with Crippen LogP contribution in [0.25, 0.3) is 0 Å². The van der Waals surface area contributed by atoms with Crippen molar-refractivity contribution in [1.29, 1.82) is 0 Å². The van der Waals surface area contributed by atoms with E-state index in [0.29, 0.717) is 0 Å². The van der Waals surface area contributed by atoms with E-state index in [0.717, 1.165) is 0 Å². The number of hydrogen-bond acceptors (Lipinski definition) is 4. The summed E-state index contributed by atoms with van der Waals surface area (Å²) < 4.78 is 8.90. The van der Waals surface area contributed by atoms with Gasteiger partial charge in [-0.2, -0.15) is 0 Å². The second-order valence-corrected chi connectivity index (χ2v) is 1.89. The van der Waals surface area contributed by atoms with Crippen LogP contribution in [0.15, 0.2) is 12.3 Å². The molecule has 1 unspecified atom stereocenters. The van der Waals surface area contributed by atoms with Crippen molar-refractivity contribution >= 4 is 11.9 Å². The van der Waals surface area contributed by atoms with Crippen LogP contribution in [0.4, 0.5) is 0 Å². The van der Waals surface area contributed by atoms with Crippen LogP contribution in [-0.4, -0.2) is 18.0 Å². The zero-order chi connectivity index (χ0) is 7.72. The molecule has 4 heteroatoms. The lowest BCUT2D eigenvalue weighted by Crippen LogP contribution is -2.33. The van der Waals surface area contributed by atoms with Crippen LogP contribution in [0.3, 0.4) is 0 Å². The summed E-state index contributed by atoms with van der Waals surface area (Å²) in [6.45, 7) is 4.60. The van der Waals surface area contributed by atoms with Gasteiger partial charge in [-0.1, -0.05) is 0 Å². The van der Waals surface area contributed by atoms with Gasteiger partial charge in [0.2, 0.25) is 5.76 Å². The Hall–Kier alpha value is -1.32. The maximum Gasteiger partial charge on any atom is 0.374 e. The molecular formula is C6H6O4. The van der Waals surface area contributed by atoms with Crippen LogP contribution in [0, 0.1) is 0 Å². The number of rotatable bonds is 0. The van der Waals surface area contributed by atoms with Crippen LogP contribution in [0.5, 0.6) is 0 Å². The van der Waals surface area contributed by atoms with E-state index >= 15 is 0 Å². The number of esters is 2. The molecule has 1 heterocycles. The lowest BCUT2D eigenvalue weighted by molar-refractivity contribution is -0.174. The third-order valence-electron chi connectivity index (χ3n) is 1.07. The van der Waals surface area contributed by atoms with Gasteiger partial charge in [-0.05, 0) is 13.5 Å². The molecule has 0 radical (unpaired) electrons. The van der Waals surface area contributed by atoms with Crippen molar-refractivity contribution < 1.29 is 19.1 Å². The molecule has 0 aromatic heterocycles. The molecule has 0 aromatic carbocycles. The van der Waals surface area contributed by atoms with E-state index < -0.39 is 18.0 Å². The molecule has 1 fully saturated rings. The lowest BCUT2D eigenvalue weighted by Gasteiger charge is -2.18. The van der Waals surface area contributed by atoms with E-state index in [2.05, 4.69) is 16.1 Å². The molecule has 1 aliphatic rings. The van der Waals surface area contributed by atoms with Crippen molar-refractivity contribution in [1.82, 2.24) is 0 Å². The summed E-state index contributed by atoms with van der Waals surface area (Å²) in [5.41, 5.74) is 0. The fourth-order valence-corrected chi connectivity index (χ4v) is 0.520. The summed E-state index contributed by atoms with van der Waals surface area (Å²) in [6.07, 6.45) is -0.807. The van der Waals surface area contributed by atoms with Gasteiger partial charge in [0.1, 0.15) is 0 Å². The van der Waals surface area contributed by atoms with E-state index in [-0.39, 0.29) is 5.76 Å². The highest BCUT2D eigenvalue weighted by Gasteiger charge is 2.29. The van der Waals surface area contributed by atoms with Crippen LogP contribution < -0.4 is 0 Å². The maximum atomic E-state index is 10.6. The van der Waals surface area contributed by atoms with Gasteiger partial charge in [0.25, 0.3) is 0 Å². The average Bonchev–Trinajstić information content (AvgIpc) is 1.84. The third kappa shape index (κ3) is 1.00. The Bertz CT molecular complexity index is 206. The van der Waals surface area contributed by atoms with Crippen molar-refractivity contribution in [2.75, 3.05) is 0 Å². The number of ether oxygens (including phenoxy) is 2. The summed E-state index contributed by atoms with van der Waals surface area (Å²) in [4.78, 5) is 21.1. The number of hydrogen-bond donors (Lipinski definition) is 0. The SMILES string of the molecule is C=C1OC(=O)C(C)OC1=O. The highest BCUT2D eigenvalue weighted by atomic mass is 16.6. The minimum Gasteiger partial charge on any atom is -0.445 e. The molecule has 54 valence electrons. The van der Waals surface area contributed by atoms with E-state index in [1.807, 2.05) is 0 Å². The average molecular weight is 142 g/mol. The Labute approximate surface area is 57.4 Å². The molecule has 4 nitrogen and oxygen atoms in total. The number of carbonyl (C=O) groups is 2. The first-order valence-electron chi connectivity index (χ1n) is 2.73. The fourth-order valence-electron chi connectivity index (χ4n) is 0.520. The first kappa shape index (κ1) is 6.80.